The maximum Gasteiger partial charge on any atom is 0.357 e. The van der Waals surface area contributed by atoms with Gasteiger partial charge < -0.3 is 4.74 Å². The van der Waals surface area contributed by atoms with Crippen LogP contribution < -0.4 is 0 Å². The normalized spacial score (nSPS) is 10.7. The number of nitrogens with zero attached hydrogens (tertiary/aromatic N) is 1. The highest BCUT2D eigenvalue weighted by molar-refractivity contribution is 9.09. The molecule has 0 unspecified atom stereocenters. The highest BCUT2D eigenvalue weighted by Gasteiger charge is 2.09. The van der Waals surface area contributed by atoms with Crippen LogP contribution in [0.15, 0.2) is 11.5 Å². The smallest absolute Gasteiger partial charge is 0.357 e. The number of hydrogen-bond donors (Lipinski definition) is 0. The first kappa shape index (κ1) is 11.4. The van der Waals surface area contributed by atoms with Gasteiger partial charge in [0.2, 0.25) is 0 Å². The molecule has 0 fully saturated rings. The van der Waals surface area contributed by atoms with Crippen molar-refractivity contribution in [2.24, 2.45) is 0 Å². The van der Waals surface area contributed by atoms with Gasteiger partial charge in [0.15, 0.2) is 5.69 Å². The minimum absolute atomic E-state index is 0.359. The van der Waals surface area contributed by atoms with E-state index in [2.05, 4.69) is 20.9 Å². The molecule has 0 amide bonds. The summed E-state index contributed by atoms with van der Waals surface area (Å²) in [6, 6.07) is 0. The lowest BCUT2D eigenvalue weighted by molar-refractivity contribution is 0.0520. The van der Waals surface area contributed by atoms with Crippen molar-refractivity contribution < 1.29 is 9.53 Å². The van der Waals surface area contributed by atoms with Crippen LogP contribution in [-0.2, 0) is 4.74 Å². The van der Waals surface area contributed by atoms with Crippen molar-refractivity contribution in [1.82, 2.24) is 4.98 Å². The number of thiazole rings is 1. The third-order valence-corrected chi connectivity index (χ3v) is 2.54. The summed E-state index contributed by atoms with van der Waals surface area (Å²) in [5, 5.41) is 3.29. The average Bonchev–Trinajstić information content (AvgIpc) is 2.63. The Kier molecular flexibility index (Phi) is 4.82. The Hall–Kier alpha value is -0.680. The maximum absolute atomic E-state index is 11.2. The van der Waals surface area contributed by atoms with Gasteiger partial charge in [-0.3, -0.25) is 0 Å². The topological polar surface area (TPSA) is 39.2 Å². The van der Waals surface area contributed by atoms with Gasteiger partial charge in [0.05, 0.1) is 6.61 Å². The molecule has 0 aromatic carbocycles. The number of esters is 1. The van der Waals surface area contributed by atoms with Gasteiger partial charge in [-0.2, -0.15) is 0 Å². The molecule has 0 radical (unpaired) electrons. The first-order valence-corrected chi connectivity index (χ1v) is 6.13. The number of alkyl halides is 1. The summed E-state index contributed by atoms with van der Waals surface area (Å²) in [4.78, 5) is 15.3. The molecule has 0 aliphatic heterocycles. The van der Waals surface area contributed by atoms with Crippen molar-refractivity contribution in [3.05, 3.63) is 22.2 Å². The lowest BCUT2D eigenvalue weighted by atomic mass is 10.5. The van der Waals surface area contributed by atoms with Crippen LogP contribution in [0.1, 0.15) is 22.4 Å². The molecule has 1 aromatic heterocycles. The number of carbonyl (C=O) groups excluding carboxylic acids is 1. The Balaban J connectivity index is 2.67. The van der Waals surface area contributed by atoms with Crippen LogP contribution >= 0.6 is 27.3 Å². The van der Waals surface area contributed by atoms with Crippen LogP contribution in [0.2, 0.25) is 0 Å². The predicted octanol–water partition coefficient (Wildman–Crippen LogP) is 2.73. The number of aromatic nitrogens is 1. The second-order valence-electron chi connectivity index (χ2n) is 2.35. The molecule has 0 aliphatic carbocycles. The highest BCUT2D eigenvalue weighted by atomic mass is 79.9. The van der Waals surface area contributed by atoms with Crippen molar-refractivity contribution in [2.45, 2.75) is 6.92 Å². The fourth-order valence-electron chi connectivity index (χ4n) is 0.808. The number of ether oxygens (including phenoxy) is 1. The Labute approximate surface area is 94.9 Å². The summed E-state index contributed by atoms with van der Waals surface area (Å²) in [5.41, 5.74) is 0.381. The summed E-state index contributed by atoms with van der Waals surface area (Å²) in [6.07, 6.45) is 3.79. The quantitative estimate of drug-likeness (QED) is 0.627. The molecule has 0 saturated carbocycles. The molecular formula is C9H10BrNO2S. The van der Waals surface area contributed by atoms with Gasteiger partial charge in [0.25, 0.3) is 0 Å². The molecule has 0 spiro atoms. The van der Waals surface area contributed by atoms with Gasteiger partial charge in [-0.25, -0.2) is 9.78 Å². The molecule has 1 heterocycles. The summed E-state index contributed by atoms with van der Waals surface area (Å²) < 4.78 is 4.82. The molecule has 0 saturated heterocycles. The zero-order valence-corrected chi connectivity index (χ0v) is 10.1. The van der Waals surface area contributed by atoms with E-state index in [1.54, 1.807) is 12.3 Å². The fraction of sp³-hybridized carbons (Fsp3) is 0.333. The standard InChI is InChI=1S/C9H10BrNO2S/c1-2-13-9(12)7-6-14-8(11-7)4-3-5-10/h3-4,6H,2,5H2,1H3. The second-order valence-corrected chi connectivity index (χ2v) is 3.89. The van der Waals surface area contributed by atoms with Crippen LogP contribution in [-0.4, -0.2) is 22.9 Å². The number of hydrogen-bond acceptors (Lipinski definition) is 4. The van der Waals surface area contributed by atoms with E-state index < -0.39 is 0 Å². The second kappa shape index (κ2) is 5.93. The van der Waals surface area contributed by atoms with E-state index in [4.69, 9.17) is 4.74 Å². The largest absolute Gasteiger partial charge is 0.461 e. The number of rotatable bonds is 4. The highest BCUT2D eigenvalue weighted by Crippen LogP contribution is 2.12. The van der Waals surface area contributed by atoms with Crippen molar-refractivity contribution in [3.63, 3.8) is 0 Å². The zero-order chi connectivity index (χ0) is 10.4. The minimum Gasteiger partial charge on any atom is -0.461 e. The molecule has 1 aromatic rings. The van der Waals surface area contributed by atoms with Crippen molar-refractivity contribution in [3.8, 4) is 0 Å². The Morgan fingerprint density at radius 3 is 3.21 bits per heavy atom. The summed E-state index contributed by atoms with van der Waals surface area (Å²) in [5.74, 6) is -0.359. The predicted molar refractivity (Wildman–Crippen MR) is 60.9 cm³/mol. The van der Waals surface area contributed by atoms with E-state index in [1.165, 1.54) is 11.3 Å². The van der Waals surface area contributed by atoms with E-state index in [0.29, 0.717) is 12.3 Å². The van der Waals surface area contributed by atoms with E-state index in [9.17, 15) is 4.79 Å². The van der Waals surface area contributed by atoms with Gasteiger partial charge in [-0.15, -0.1) is 11.3 Å². The van der Waals surface area contributed by atoms with E-state index in [-0.39, 0.29) is 5.97 Å². The Bertz CT molecular complexity index is 335. The average molecular weight is 276 g/mol. The van der Waals surface area contributed by atoms with Crippen LogP contribution in [0.3, 0.4) is 0 Å². The zero-order valence-electron chi connectivity index (χ0n) is 7.70. The van der Waals surface area contributed by atoms with Gasteiger partial charge >= 0.3 is 5.97 Å². The molecule has 76 valence electrons. The van der Waals surface area contributed by atoms with Crippen molar-refractivity contribution >= 4 is 39.3 Å². The minimum atomic E-state index is -0.359. The molecular weight excluding hydrogens is 266 g/mol. The molecule has 1 rings (SSSR count). The van der Waals surface area contributed by atoms with Gasteiger partial charge in [0.1, 0.15) is 5.01 Å². The number of carbonyl (C=O) groups is 1. The monoisotopic (exact) mass is 275 g/mol. The summed E-state index contributed by atoms with van der Waals surface area (Å²) in [7, 11) is 0. The molecule has 0 bridgehead atoms. The third-order valence-electron chi connectivity index (χ3n) is 1.36. The summed E-state index contributed by atoms with van der Waals surface area (Å²) >= 11 is 4.69. The van der Waals surface area contributed by atoms with Gasteiger partial charge in [-0.1, -0.05) is 22.0 Å². The van der Waals surface area contributed by atoms with E-state index in [0.717, 1.165) is 10.3 Å². The van der Waals surface area contributed by atoms with E-state index >= 15 is 0 Å². The SMILES string of the molecule is CCOC(=O)c1csc(C=CCBr)n1. The van der Waals surface area contributed by atoms with Crippen LogP contribution in [0.25, 0.3) is 6.08 Å². The molecule has 3 nitrogen and oxygen atoms in total. The van der Waals surface area contributed by atoms with Crippen LogP contribution in [0.4, 0.5) is 0 Å². The first-order chi connectivity index (χ1) is 6.77. The van der Waals surface area contributed by atoms with Gasteiger partial charge in [-0.05, 0) is 13.0 Å². The molecule has 0 atom stereocenters. The molecule has 14 heavy (non-hydrogen) atoms. The lowest BCUT2D eigenvalue weighted by Crippen LogP contribution is -2.04. The van der Waals surface area contributed by atoms with Crippen molar-refractivity contribution in [1.29, 1.82) is 0 Å². The van der Waals surface area contributed by atoms with E-state index in [1.807, 2.05) is 12.2 Å². The molecule has 0 aliphatic rings. The number of halogens is 1. The van der Waals surface area contributed by atoms with Crippen LogP contribution in [0.5, 0.6) is 0 Å². The molecule has 5 heteroatoms. The molecule has 0 N–H and O–H groups in total. The fourth-order valence-corrected chi connectivity index (χ4v) is 1.70. The Morgan fingerprint density at radius 2 is 2.57 bits per heavy atom. The van der Waals surface area contributed by atoms with Crippen molar-refractivity contribution in [2.75, 3.05) is 11.9 Å². The summed E-state index contributed by atoms with van der Waals surface area (Å²) in [6.45, 7) is 2.15. The Morgan fingerprint density at radius 1 is 1.79 bits per heavy atom. The third kappa shape index (κ3) is 3.23. The van der Waals surface area contributed by atoms with Gasteiger partial charge in [0, 0.05) is 10.7 Å². The lowest BCUT2D eigenvalue weighted by Gasteiger charge is -1.95. The number of allylic oxidation sites excluding steroid dienone is 1. The van der Waals surface area contributed by atoms with Crippen LogP contribution in [0, 0.1) is 0 Å². The maximum atomic E-state index is 11.2. The first-order valence-electron chi connectivity index (χ1n) is 4.13.